The molecule has 64 heteroatoms. The third-order valence-electron chi connectivity index (χ3n) is 9.02. The summed E-state index contributed by atoms with van der Waals surface area (Å²) in [6.45, 7) is 0. The Morgan fingerprint density at radius 3 is 0.284 bits per heavy atom. The summed E-state index contributed by atoms with van der Waals surface area (Å²) in [5.74, 6) is -156. The van der Waals surface area contributed by atoms with Gasteiger partial charge in [0, 0.05) is 0 Å². The van der Waals surface area contributed by atoms with Crippen LogP contribution in [0.1, 0.15) is 0 Å². The van der Waals surface area contributed by atoms with E-state index in [1.54, 1.807) is 0 Å². The topological polar surface area (TPSA) is 172 Å². The molecule has 537 valence electrons. The zero-order valence-electron chi connectivity index (χ0n) is 36.5. The first-order chi connectivity index (χ1) is 36.0. The minimum atomic E-state index is -8.92. The smallest absolute Gasteiger partial charge is 0.743 e. The van der Waals surface area contributed by atoms with Crippen LogP contribution in [0, 0.1) is 37.3 Å². The maximum absolute atomic E-state index is 13.0. The van der Waals surface area contributed by atoms with Crippen molar-refractivity contribution in [1.29, 1.82) is 0 Å². The Hall–Kier alpha value is -2.59. The van der Waals surface area contributed by atoms with Crippen molar-refractivity contribution < 1.29 is 300 Å². The molecule has 0 N–H and O–H groups in total. The van der Waals surface area contributed by atoms with Crippen LogP contribution in [0.4, 0.5) is 224 Å². The van der Waals surface area contributed by atoms with E-state index >= 15 is 0 Å². The van der Waals surface area contributed by atoms with E-state index in [9.17, 15) is 263 Å². The largest absolute Gasteiger partial charge is 3.00 e. The van der Waals surface area contributed by atoms with Crippen LogP contribution in [0.5, 0.6) is 0 Å². The van der Waals surface area contributed by atoms with Gasteiger partial charge in [-0.1, -0.05) is 0 Å². The molecule has 0 rings (SSSR count). The summed E-state index contributed by atoms with van der Waals surface area (Å²) in [5.41, 5.74) is 0. The van der Waals surface area contributed by atoms with Crippen LogP contribution in [0.2, 0.25) is 0 Å². The monoisotopic (exact) mass is 1660 g/mol. The molecule has 1 radical (unpaired) electrons. The van der Waals surface area contributed by atoms with Gasteiger partial charge in [0.1, 0.15) is 0 Å². The van der Waals surface area contributed by atoms with Gasteiger partial charge in [-0.05, 0) is 0 Å². The number of hydrogen-bond donors (Lipinski definition) is 0. The second-order valence-electron chi connectivity index (χ2n) is 14.7. The number of hydrogen-bond acceptors (Lipinski definition) is 9. The van der Waals surface area contributed by atoms with Crippen LogP contribution in [0.3, 0.4) is 0 Å². The van der Waals surface area contributed by atoms with Gasteiger partial charge in [0.2, 0.25) is 0 Å². The number of rotatable bonds is 21. The summed E-state index contributed by atoms with van der Waals surface area (Å²) >= 11 is 0. The second kappa shape index (κ2) is 23.1. The summed E-state index contributed by atoms with van der Waals surface area (Å²) in [6, 6.07) is 0. The molecule has 0 aliphatic heterocycles. The molecule has 0 aromatic carbocycles. The van der Waals surface area contributed by atoms with E-state index in [4.69, 9.17) is 0 Å². The van der Waals surface area contributed by atoms with Crippen molar-refractivity contribution in [3.05, 3.63) is 0 Å². The van der Waals surface area contributed by atoms with Crippen molar-refractivity contribution in [1.82, 2.24) is 0 Å². The van der Waals surface area contributed by atoms with Gasteiger partial charge in [0.15, 0.2) is 30.4 Å². The third-order valence-corrected chi connectivity index (χ3v) is 11.7. The molecule has 0 spiro atoms. The summed E-state index contributed by atoms with van der Waals surface area (Å²) in [7, 11) is -24.4. The van der Waals surface area contributed by atoms with Crippen molar-refractivity contribution in [3.63, 3.8) is 0 Å². The Bertz CT molecular complexity index is 2500. The molecule has 0 bridgehead atoms. The first-order valence-corrected chi connectivity index (χ1v) is 21.2. The SMILES string of the molecule is O=S(=O)([O-])C(F)(F)C(F)(F)C(F)(F)C(F)(F)C(F)(F)C(F)(F)C(F)(F)C(F)(F)F.O=S(=O)([O-])C(F)(F)C(F)(F)C(F)(F)C(F)(F)C(F)(F)C(F)(F)C(F)(F)C(F)(F)F.O=S(=O)([O-])C(F)(F)C(F)(F)C(F)(F)C(F)(F)C(F)(F)C(F)(F)C(F)(F)C(F)(F)F.[Er+3]. The average molecular weight is 1660 g/mol. The molecule has 0 heterocycles. The molecule has 88 heavy (non-hydrogen) atoms. The maximum atomic E-state index is 13.0. The summed E-state index contributed by atoms with van der Waals surface area (Å²) in [6.07, 6.45) is -23.7. The summed E-state index contributed by atoms with van der Waals surface area (Å²) < 4.78 is 732. The van der Waals surface area contributed by atoms with Crippen molar-refractivity contribution in [2.24, 2.45) is 0 Å². The van der Waals surface area contributed by atoms with Gasteiger partial charge in [-0.2, -0.15) is 224 Å². The third kappa shape index (κ3) is 12.4. The average Bonchev–Trinajstić information content (AvgIpc) is 3.23. The quantitative estimate of drug-likeness (QED) is 0.0801. The Morgan fingerprint density at radius 1 is 0.148 bits per heavy atom. The molecule has 0 saturated heterocycles. The van der Waals surface area contributed by atoms with Gasteiger partial charge in [-0.25, -0.2) is 25.3 Å². The fraction of sp³-hybridized carbons (Fsp3) is 1.00. The standard InChI is InChI=1S/3C8HF17O3S.Er/c3*9-1(10,3(13,14)5(17,18)7(21,22)23)2(11,12)4(15,16)6(19,20)8(24,25)29(26,27)28;/h3*(H,26,27,28);/q;;;+3/p-3. The van der Waals surface area contributed by atoms with Crippen LogP contribution in [-0.2, 0) is 30.4 Å². The minimum Gasteiger partial charge on any atom is -0.743 e. The molecular formula is C24ErF51O9S3. The van der Waals surface area contributed by atoms with E-state index < -0.39 is 171 Å². The fourth-order valence-corrected chi connectivity index (χ4v) is 5.25. The van der Waals surface area contributed by atoms with Gasteiger partial charge in [0.05, 0.1) is 0 Å². The summed E-state index contributed by atoms with van der Waals surface area (Å²) in [4.78, 5) is 0. The van der Waals surface area contributed by atoms with E-state index in [-0.39, 0.29) is 37.3 Å². The van der Waals surface area contributed by atoms with Gasteiger partial charge in [-0.15, -0.1) is 0 Å². The van der Waals surface area contributed by atoms with E-state index in [0.29, 0.717) is 0 Å². The Morgan fingerprint density at radius 2 is 0.216 bits per heavy atom. The molecule has 9 nitrogen and oxygen atoms in total. The van der Waals surface area contributed by atoms with Crippen LogP contribution in [-0.4, -0.2) is 180 Å². The fourth-order valence-electron chi connectivity index (χ4n) is 3.92. The van der Waals surface area contributed by atoms with Gasteiger partial charge < -0.3 is 13.7 Å². The molecule has 0 aliphatic rings. The van der Waals surface area contributed by atoms with E-state index in [2.05, 4.69) is 0 Å². The molecule has 0 unspecified atom stereocenters. The predicted octanol–water partition coefficient (Wildman–Crippen LogP) is 13.5. The minimum absolute atomic E-state index is 0. The molecule has 0 saturated carbocycles. The van der Waals surface area contributed by atoms with Crippen molar-refractivity contribution in [2.45, 2.75) is 141 Å². The van der Waals surface area contributed by atoms with Crippen molar-refractivity contribution >= 4 is 30.4 Å². The molecule has 0 atom stereocenters. The van der Waals surface area contributed by atoms with Gasteiger partial charge in [0.25, 0.3) is 0 Å². The Labute approximate surface area is 470 Å². The normalized spacial score (nSPS) is 16.7. The number of halogens is 51. The zero-order valence-corrected chi connectivity index (χ0v) is 40.8. The predicted molar refractivity (Wildman–Crippen MR) is 151 cm³/mol. The van der Waals surface area contributed by atoms with Gasteiger partial charge >= 0.3 is 178 Å². The van der Waals surface area contributed by atoms with Crippen LogP contribution in [0.15, 0.2) is 0 Å². The van der Waals surface area contributed by atoms with Crippen molar-refractivity contribution in [3.8, 4) is 0 Å². The number of alkyl halides is 51. The van der Waals surface area contributed by atoms with E-state index in [1.165, 1.54) is 0 Å². The molecule has 0 aromatic heterocycles. The van der Waals surface area contributed by atoms with Crippen molar-refractivity contribution in [2.75, 3.05) is 0 Å². The molecule has 0 aromatic rings. The first kappa shape index (κ1) is 91.8. The molecule has 0 aliphatic carbocycles. The second-order valence-corrected chi connectivity index (χ2v) is 19.0. The van der Waals surface area contributed by atoms with E-state index in [0.717, 1.165) is 0 Å². The van der Waals surface area contributed by atoms with Crippen LogP contribution in [0.25, 0.3) is 0 Å². The van der Waals surface area contributed by atoms with E-state index in [1.807, 2.05) is 0 Å². The van der Waals surface area contributed by atoms with Crippen LogP contribution < -0.4 is 0 Å². The van der Waals surface area contributed by atoms with Crippen LogP contribution >= 0.6 is 0 Å². The van der Waals surface area contributed by atoms with Gasteiger partial charge in [-0.3, -0.25) is 0 Å². The maximum Gasteiger partial charge on any atom is 3.00 e. The first-order valence-electron chi connectivity index (χ1n) is 17.0. The Balaban J connectivity index is -0.000000598. The molecular weight excluding hydrogens is 1660 g/mol. The Kier molecular flexibility index (Phi) is 24.1. The zero-order chi connectivity index (χ0) is 73.5. The molecule has 0 fully saturated rings. The summed E-state index contributed by atoms with van der Waals surface area (Å²) in [5, 5.41) is -23.9. The molecule has 0 amide bonds.